The van der Waals surface area contributed by atoms with Crippen LogP contribution in [0.15, 0.2) is 40.6 Å². The molecule has 0 fully saturated rings. The fraction of sp³-hybridized carbons (Fsp3) is 0.0833. The van der Waals surface area contributed by atoms with E-state index in [0.717, 1.165) is 21.8 Å². The van der Waals surface area contributed by atoms with E-state index >= 15 is 0 Å². The molecule has 1 heterocycles. The van der Waals surface area contributed by atoms with E-state index in [0.29, 0.717) is 5.56 Å². The van der Waals surface area contributed by atoms with Gasteiger partial charge in [-0.1, -0.05) is 12.1 Å². The molecule has 0 aliphatic carbocycles. The monoisotopic (exact) mass is 316 g/mol. The van der Waals surface area contributed by atoms with Crippen molar-refractivity contribution < 1.29 is 17.9 Å². The molecule has 4 nitrogen and oxygen atoms in total. The molecule has 0 aliphatic rings. The number of thiophene rings is 1. The first kappa shape index (κ1) is 14.0. The smallest absolute Gasteiger partial charge is 0.337 e. The second-order valence-electron chi connectivity index (χ2n) is 3.63. The van der Waals surface area contributed by atoms with Crippen molar-refractivity contribution in [3.63, 3.8) is 0 Å². The van der Waals surface area contributed by atoms with Crippen molar-refractivity contribution in [2.45, 2.75) is 4.21 Å². The molecule has 0 N–H and O–H groups in total. The lowest BCUT2D eigenvalue weighted by Crippen LogP contribution is -2.00. The second kappa shape index (κ2) is 5.32. The van der Waals surface area contributed by atoms with Crippen LogP contribution < -0.4 is 0 Å². The van der Waals surface area contributed by atoms with Crippen molar-refractivity contribution in [3.05, 3.63) is 42.0 Å². The molecule has 2 aromatic rings. The summed E-state index contributed by atoms with van der Waals surface area (Å²) in [5, 5.41) is 0. The summed E-state index contributed by atoms with van der Waals surface area (Å²) in [6.07, 6.45) is 0. The van der Waals surface area contributed by atoms with Gasteiger partial charge in [0, 0.05) is 15.6 Å². The quantitative estimate of drug-likeness (QED) is 0.645. The molecule has 0 spiro atoms. The van der Waals surface area contributed by atoms with Crippen molar-refractivity contribution in [3.8, 4) is 10.4 Å². The van der Waals surface area contributed by atoms with E-state index in [1.165, 1.54) is 13.2 Å². The van der Waals surface area contributed by atoms with E-state index in [4.69, 9.17) is 10.7 Å². The largest absolute Gasteiger partial charge is 0.465 e. The molecular formula is C12H9ClO4S2. The number of hydrogen-bond acceptors (Lipinski definition) is 5. The van der Waals surface area contributed by atoms with Crippen LogP contribution in [0.1, 0.15) is 10.4 Å². The molecule has 0 saturated carbocycles. The summed E-state index contributed by atoms with van der Waals surface area (Å²) in [6, 6.07) is 9.82. The number of carbonyl (C=O) groups is 1. The third-order valence-corrected chi connectivity index (χ3v) is 5.64. The van der Waals surface area contributed by atoms with Gasteiger partial charge >= 0.3 is 5.97 Å². The Balaban J connectivity index is 2.33. The van der Waals surface area contributed by atoms with E-state index < -0.39 is 15.0 Å². The number of carbonyl (C=O) groups excluding carboxylic acids is 1. The van der Waals surface area contributed by atoms with Gasteiger partial charge in [0.2, 0.25) is 0 Å². The maximum absolute atomic E-state index is 11.3. The van der Waals surface area contributed by atoms with Crippen LogP contribution in [-0.2, 0) is 13.8 Å². The number of halogens is 1. The highest BCUT2D eigenvalue weighted by atomic mass is 35.7. The summed E-state index contributed by atoms with van der Waals surface area (Å²) in [5.74, 6) is -0.415. The van der Waals surface area contributed by atoms with Crippen LogP contribution in [0.2, 0.25) is 0 Å². The first-order chi connectivity index (χ1) is 8.91. The van der Waals surface area contributed by atoms with Gasteiger partial charge in [0.15, 0.2) is 0 Å². The van der Waals surface area contributed by atoms with Crippen LogP contribution in [0.25, 0.3) is 10.4 Å². The summed E-state index contributed by atoms with van der Waals surface area (Å²) >= 11 is 1.08. The highest BCUT2D eigenvalue weighted by Crippen LogP contribution is 2.32. The normalized spacial score (nSPS) is 11.3. The van der Waals surface area contributed by atoms with Crippen LogP contribution in [0.5, 0.6) is 0 Å². The van der Waals surface area contributed by atoms with Crippen molar-refractivity contribution in [2.24, 2.45) is 0 Å². The lowest BCUT2D eigenvalue weighted by atomic mass is 10.1. The Labute approximate surface area is 119 Å². The minimum absolute atomic E-state index is 0.0983. The number of ether oxygens (including phenoxy) is 1. The van der Waals surface area contributed by atoms with Crippen molar-refractivity contribution >= 4 is 37.0 Å². The lowest BCUT2D eigenvalue weighted by molar-refractivity contribution is 0.0601. The standard InChI is InChI=1S/C12H9ClO4S2/c1-17-12(14)9-4-2-8(3-5-9)10-6-7-11(18-10)19(13,15)16/h2-7H,1H3. The van der Waals surface area contributed by atoms with Crippen molar-refractivity contribution in [1.29, 1.82) is 0 Å². The first-order valence-corrected chi connectivity index (χ1v) is 8.27. The van der Waals surface area contributed by atoms with E-state index in [9.17, 15) is 13.2 Å². The van der Waals surface area contributed by atoms with Crippen LogP contribution in [-0.4, -0.2) is 21.5 Å². The molecule has 19 heavy (non-hydrogen) atoms. The lowest BCUT2D eigenvalue weighted by Gasteiger charge is -2.00. The molecular weight excluding hydrogens is 308 g/mol. The molecule has 0 unspecified atom stereocenters. The van der Waals surface area contributed by atoms with Gasteiger partial charge in [-0.25, -0.2) is 13.2 Å². The molecule has 1 aromatic heterocycles. The van der Waals surface area contributed by atoms with E-state index in [-0.39, 0.29) is 4.21 Å². The van der Waals surface area contributed by atoms with E-state index in [1.807, 2.05) is 0 Å². The number of benzene rings is 1. The SMILES string of the molecule is COC(=O)c1ccc(-c2ccc(S(=O)(=O)Cl)s2)cc1. The fourth-order valence-electron chi connectivity index (χ4n) is 1.49. The summed E-state index contributed by atoms with van der Waals surface area (Å²) in [6.45, 7) is 0. The molecule has 0 bridgehead atoms. The number of esters is 1. The number of methoxy groups -OCH3 is 1. The maximum Gasteiger partial charge on any atom is 0.337 e. The second-order valence-corrected chi connectivity index (χ2v) is 7.50. The molecule has 2 rings (SSSR count). The van der Waals surface area contributed by atoms with Gasteiger partial charge < -0.3 is 4.74 Å². The van der Waals surface area contributed by atoms with Crippen molar-refractivity contribution in [2.75, 3.05) is 7.11 Å². The average molecular weight is 317 g/mol. The van der Waals surface area contributed by atoms with E-state index in [1.54, 1.807) is 30.3 Å². The Morgan fingerprint density at radius 1 is 1.16 bits per heavy atom. The zero-order valence-electron chi connectivity index (χ0n) is 9.79. The molecule has 0 aliphatic heterocycles. The van der Waals surface area contributed by atoms with Gasteiger partial charge in [0.05, 0.1) is 12.7 Å². The van der Waals surface area contributed by atoms with E-state index in [2.05, 4.69) is 4.74 Å². The Kier molecular flexibility index (Phi) is 3.93. The first-order valence-electron chi connectivity index (χ1n) is 5.15. The van der Waals surface area contributed by atoms with Gasteiger partial charge in [-0.2, -0.15) is 0 Å². The van der Waals surface area contributed by atoms with Crippen LogP contribution >= 0.6 is 22.0 Å². The third kappa shape index (κ3) is 3.15. The highest BCUT2D eigenvalue weighted by Gasteiger charge is 2.14. The maximum atomic E-state index is 11.3. The minimum atomic E-state index is -3.70. The molecule has 0 saturated heterocycles. The van der Waals surface area contributed by atoms with Crippen LogP contribution in [0, 0.1) is 0 Å². The van der Waals surface area contributed by atoms with Gasteiger partial charge in [-0.05, 0) is 29.8 Å². The summed E-state index contributed by atoms with van der Waals surface area (Å²) in [5.41, 5.74) is 1.25. The molecule has 1 aromatic carbocycles. The number of hydrogen-bond donors (Lipinski definition) is 0. The van der Waals surface area contributed by atoms with Crippen LogP contribution in [0.3, 0.4) is 0 Å². The average Bonchev–Trinajstić information content (AvgIpc) is 2.87. The Morgan fingerprint density at radius 3 is 2.26 bits per heavy atom. The summed E-state index contributed by atoms with van der Waals surface area (Å²) < 4.78 is 27.0. The topological polar surface area (TPSA) is 60.4 Å². The Hall–Kier alpha value is -1.37. The Bertz CT molecular complexity index is 702. The zero-order chi connectivity index (χ0) is 14.0. The Morgan fingerprint density at radius 2 is 1.79 bits per heavy atom. The molecule has 0 radical (unpaired) electrons. The number of rotatable bonds is 3. The van der Waals surface area contributed by atoms with Crippen LogP contribution in [0.4, 0.5) is 0 Å². The molecule has 0 amide bonds. The highest BCUT2D eigenvalue weighted by molar-refractivity contribution is 8.15. The van der Waals surface area contributed by atoms with Gasteiger partial charge in [0.1, 0.15) is 4.21 Å². The minimum Gasteiger partial charge on any atom is -0.465 e. The van der Waals surface area contributed by atoms with Crippen molar-refractivity contribution in [1.82, 2.24) is 0 Å². The summed E-state index contributed by atoms with van der Waals surface area (Å²) in [7, 11) is 2.88. The van der Waals surface area contributed by atoms with Gasteiger partial charge in [0.25, 0.3) is 9.05 Å². The van der Waals surface area contributed by atoms with Gasteiger partial charge in [-0.3, -0.25) is 0 Å². The third-order valence-electron chi connectivity index (χ3n) is 2.41. The molecule has 7 heteroatoms. The predicted molar refractivity (Wildman–Crippen MR) is 74.1 cm³/mol. The zero-order valence-corrected chi connectivity index (χ0v) is 12.2. The van der Waals surface area contributed by atoms with Gasteiger partial charge in [-0.15, -0.1) is 11.3 Å². The molecule has 0 atom stereocenters. The summed E-state index contributed by atoms with van der Waals surface area (Å²) in [4.78, 5) is 12.0. The molecule has 100 valence electrons. The predicted octanol–water partition coefficient (Wildman–Crippen LogP) is 3.13. The fourth-order valence-corrected chi connectivity index (χ4v) is 3.57.